The summed E-state index contributed by atoms with van der Waals surface area (Å²) in [6, 6.07) is 9.30. The topological polar surface area (TPSA) is 48.8 Å². The van der Waals surface area contributed by atoms with Gasteiger partial charge in [0.25, 0.3) is 0 Å². The number of rotatable bonds is 6. The zero-order valence-electron chi connectivity index (χ0n) is 17.2. The molecule has 144 valence electrons. The van der Waals surface area contributed by atoms with Crippen molar-refractivity contribution >= 4 is 17.4 Å². The van der Waals surface area contributed by atoms with Gasteiger partial charge in [0.05, 0.1) is 12.4 Å². The Morgan fingerprint density at radius 3 is 2.50 bits per heavy atom. The largest absolute Gasteiger partial charge is 0.372 e. The molecule has 0 radical (unpaired) electrons. The lowest BCUT2D eigenvalue weighted by molar-refractivity contribution is 0.437. The number of hydrogen-bond donors (Lipinski definition) is 2. The van der Waals surface area contributed by atoms with Gasteiger partial charge in [-0.05, 0) is 65.2 Å². The highest BCUT2D eigenvalue weighted by Crippen LogP contribution is 2.26. The average Bonchev–Trinajstić information content (AvgIpc) is 2.60. The molecule has 1 aliphatic rings. The first kappa shape index (κ1) is 20.5. The van der Waals surface area contributed by atoms with Gasteiger partial charge in [0.2, 0.25) is 0 Å². The second-order valence-electron chi connectivity index (χ2n) is 7.97. The standard InChI is InChI=1S/C22H36N4/c1-16(2)24-18(5)23-15-19-10-9-13-21(14-19)26-22(25-17(3)4)20-11-7-6-8-12-20/h9-10,13-14,16-17,20H,6-8,11-12,15H2,1-5H3,(H,23,24)(H,25,26). The maximum atomic E-state index is 4.90. The number of hydrogen-bond acceptors (Lipinski definition) is 2. The van der Waals surface area contributed by atoms with Crippen molar-refractivity contribution in [1.29, 1.82) is 0 Å². The lowest BCUT2D eigenvalue weighted by Gasteiger charge is -2.25. The van der Waals surface area contributed by atoms with Crippen LogP contribution >= 0.6 is 0 Å². The van der Waals surface area contributed by atoms with Gasteiger partial charge < -0.3 is 10.6 Å². The normalized spacial score (nSPS) is 17.0. The van der Waals surface area contributed by atoms with Gasteiger partial charge in [0, 0.05) is 23.7 Å². The van der Waals surface area contributed by atoms with E-state index in [9.17, 15) is 0 Å². The van der Waals surface area contributed by atoms with Gasteiger partial charge in [0.15, 0.2) is 0 Å². The van der Waals surface area contributed by atoms with Crippen LogP contribution in [-0.2, 0) is 6.54 Å². The van der Waals surface area contributed by atoms with Crippen LogP contribution in [0.3, 0.4) is 0 Å². The molecule has 26 heavy (non-hydrogen) atoms. The van der Waals surface area contributed by atoms with E-state index in [1.807, 2.05) is 6.92 Å². The van der Waals surface area contributed by atoms with Crippen LogP contribution in [0.15, 0.2) is 34.3 Å². The molecule has 0 heterocycles. The third kappa shape index (κ3) is 7.19. The molecule has 1 fully saturated rings. The number of nitrogens with zero attached hydrogens (tertiary/aromatic N) is 2. The van der Waals surface area contributed by atoms with Crippen LogP contribution in [0, 0.1) is 5.92 Å². The maximum absolute atomic E-state index is 4.90. The minimum Gasteiger partial charge on any atom is -0.372 e. The van der Waals surface area contributed by atoms with Crippen LogP contribution in [0.2, 0.25) is 0 Å². The first-order chi connectivity index (χ1) is 12.4. The number of amidine groups is 2. The fraction of sp³-hybridized carbons (Fsp3) is 0.636. The van der Waals surface area contributed by atoms with Gasteiger partial charge in [-0.15, -0.1) is 0 Å². The second kappa shape index (κ2) is 10.3. The monoisotopic (exact) mass is 356 g/mol. The second-order valence-corrected chi connectivity index (χ2v) is 7.97. The fourth-order valence-electron chi connectivity index (χ4n) is 3.46. The number of nitrogens with one attached hydrogen (secondary N) is 2. The molecule has 1 aromatic carbocycles. The van der Waals surface area contributed by atoms with Gasteiger partial charge in [0.1, 0.15) is 5.84 Å². The van der Waals surface area contributed by atoms with Crippen molar-refractivity contribution in [2.45, 2.75) is 85.4 Å². The Labute approximate surface area is 159 Å². The molecule has 0 saturated heterocycles. The zero-order chi connectivity index (χ0) is 18.9. The smallest absolute Gasteiger partial charge is 0.104 e. The van der Waals surface area contributed by atoms with E-state index in [-0.39, 0.29) is 0 Å². The van der Waals surface area contributed by atoms with Crippen LogP contribution in [0.1, 0.15) is 72.3 Å². The summed E-state index contributed by atoms with van der Waals surface area (Å²) in [6.45, 7) is 11.3. The van der Waals surface area contributed by atoms with E-state index in [1.54, 1.807) is 0 Å². The van der Waals surface area contributed by atoms with Crippen molar-refractivity contribution in [3.8, 4) is 0 Å². The molecule has 0 atom stereocenters. The van der Waals surface area contributed by atoms with Crippen LogP contribution in [0.5, 0.6) is 0 Å². The van der Waals surface area contributed by atoms with Crippen molar-refractivity contribution in [2.75, 3.05) is 5.32 Å². The molecule has 0 amide bonds. The number of anilines is 1. The Kier molecular flexibility index (Phi) is 8.14. The summed E-state index contributed by atoms with van der Waals surface area (Å²) >= 11 is 0. The van der Waals surface area contributed by atoms with Crippen molar-refractivity contribution in [2.24, 2.45) is 15.9 Å². The Bertz CT molecular complexity index is 610. The predicted molar refractivity (Wildman–Crippen MR) is 114 cm³/mol. The first-order valence-electron chi connectivity index (χ1n) is 10.1. The molecule has 0 unspecified atom stereocenters. The molecule has 2 N–H and O–H groups in total. The summed E-state index contributed by atoms with van der Waals surface area (Å²) in [7, 11) is 0. The highest BCUT2D eigenvalue weighted by Gasteiger charge is 2.19. The van der Waals surface area contributed by atoms with Crippen molar-refractivity contribution < 1.29 is 0 Å². The molecular formula is C22H36N4. The third-order valence-electron chi connectivity index (χ3n) is 4.58. The van der Waals surface area contributed by atoms with E-state index in [2.05, 4.69) is 67.6 Å². The minimum absolute atomic E-state index is 0.317. The minimum atomic E-state index is 0.317. The molecule has 2 rings (SSSR count). The van der Waals surface area contributed by atoms with Gasteiger partial charge in [-0.2, -0.15) is 0 Å². The highest BCUT2D eigenvalue weighted by atomic mass is 15.0. The van der Waals surface area contributed by atoms with Crippen LogP contribution < -0.4 is 10.6 Å². The number of benzene rings is 1. The molecule has 0 aromatic heterocycles. The molecule has 4 heteroatoms. The molecule has 0 aliphatic heterocycles. The average molecular weight is 357 g/mol. The van der Waals surface area contributed by atoms with Gasteiger partial charge in [-0.1, -0.05) is 31.4 Å². The molecule has 0 bridgehead atoms. The molecule has 1 saturated carbocycles. The van der Waals surface area contributed by atoms with Gasteiger partial charge >= 0.3 is 0 Å². The molecule has 0 spiro atoms. The maximum Gasteiger partial charge on any atom is 0.104 e. The van der Waals surface area contributed by atoms with E-state index in [0.29, 0.717) is 24.5 Å². The summed E-state index contributed by atoms with van der Waals surface area (Å²) in [5.41, 5.74) is 2.34. The van der Waals surface area contributed by atoms with Crippen molar-refractivity contribution in [3.05, 3.63) is 29.8 Å². The predicted octanol–water partition coefficient (Wildman–Crippen LogP) is 5.40. The molecule has 4 nitrogen and oxygen atoms in total. The van der Waals surface area contributed by atoms with Crippen molar-refractivity contribution in [1.82, 2.24) is 5.32 Å². The van der Waals surface area contributed by atoms with E-state index < -0.39 is 0 Å². The highest BCUT2D eigenvalue weighted by molar-refractivity contribution is 5.97. The van der Waals surface area contributed by atoms with Crippen LogP contribution in [0.4, 0.5) is 5.69 Å². The third-order valence-corrected chi connectivity index (χ3v) is 4.58. The lowest BCUT2D eigenvalue weighted by Crippen LogP contribution is -2.27. The van der Waals surface area contributed by atoms with E-state index in [4.69, 9.17) is 4.99 Å². The van der Waals surface area contributed by atoms with E-state index in [0.717, 1.165) is 17.4 Å². The summed E-state index contributed by atoms with van der Waals surface area (Å²) in [4.78, 5) is 9.54. The molecular weight excluding hydrogens is 320 g/mol. The molecule has 1 aliphatic carbocycles. The Balaban J connectivity index is 2.07. The fourth-order valence-corrected chi connectivity index (χ4v) is 3.46. The summed E-state index contributed by atoms with van der Waals surface area (Å²) in [6.07, 6.45) is 6.51. The SMILES string of the molecule is CC(=NCc1cccc(NC(=NC(C)C)C2CCCCC2)c1)NC(C)C. The Morgan fingerprint density at radius 2 is 1.85 bits per heavy atom. The van der Waals surface area contributed by atoms with Gasteiger partial charge in [-0.25, -0.2) is 0 Å². The quantitative estimate of drug-likeness (QED) is 0.529. The first-order valence-corrected chi connectivity index (χ1v) is 10.1. The van der Waals surface area contributed by atoms with Crippen LogP contribution in [0.25, 0.3) is 0 Å². The lowest BCUT2D eigenvalue weighted by atomic mass is 9.88. The molecule has 1 aromatic rings. The van der Waals surface area contributed by atoms with Gasteiger partial charge in [-0.3, -0.25) is 9.98 Å². The summed E-state index contributed by atoms with van der Waals surface area (Å²) < 4.78 is 0. The summed E-state index contributed by atoms with van der Waals surface area (Å²) in [5.74, 6) is 2.73. The van der Waals surface area contributed by atoms with E-state index >= 15 is 0 Å². The summed E-state index contributed by atoms with van der Waals surface area (Å²) in [5, 5.41) is 6.97. The van der Waals surface area contributed by atoms with Crippen molar-refractivity contribution in [3.63, 3.8) is 0 Å². The van der Waals surface area contributed by atoms with E-state index in [1.165, 1.54) is 37.7 Å². The Morgan fingerprint density at radius 1 is 1.12 bits per heavy atom. The zero-order valence-corrected chi connectivity index (χ0v) is 17.2. The Hall–Kier alpha value is -1.84. The van der Waals surface area contributed by atoms with Crippen LogP contribution in [-0.4, -0.2) is 23.8 Å². The number of aliphatic imine (C=N–C) groups is 2.